The predicted molar refractivity (Wildman–Crippen MR) is 58.0 cm³/mol. The molecule has 0 radical (unpaired) electrons. The highest BCUT2D eigenvalue weighted by Crippen LogP contribution is 2.28. The third-order valence-electron chi connectivity index (χ3n) is 2.03. The van der Waals surface area contributed by atoms with Crippen LogP contribution in [0.25, 0.3) is 0 Å². The smallest absolute Gasteiger partial charge is 0.405 e. The van der Waals surface area contributed by atoms with E-state index in [2.05, 4.69) is 27.7 Å². The number of nitrogens with two attached hydrogens (primary N) is 1. The first kappa shape index (κ1) is 13.3. The van der Waals surface area contributed by atoms with Gasteiger partial charge in [0, 0.05) is 0 Å². The largest absolute Gasteiger partial charge is 0.443 e. The summed E-state index contributed by atoms with van der Waals surface area (Å²) < 4.78 is 5.20. The van der Waals surface area contributed by atoms with Crippen LogP contribution in [0.15, 0.2) is 0 Å². The molecule has 0 aliphatic carbocycles. The Morgan fingerprint density at radius 2 is 1.57 bits per heavy atom. The van der Waals surface area contributed by atoms with Gasteiger partial charge in [-0.05, 0) is 31.6 Å². The molecule has 0 saturated heterocycles. The maximum Gasteiger partial charge on any atom is 0.405 e. The molecule has 0 rings (SSSR count). The third-order valence-corrected chi connectivity index (χ3v) is 2.03. The number of carbonyl (C=O) groups excluding carboxylic acids is 1. The van der Waals surface area contributed by atoms with Crippen LogP contribution in [0.1, 0.15) is 47.5 Å². The van der Waals surface area contributed by atoms with Gasteiger partial charge in [-0.25, -0.2) is 4.79 Å². The molecule has 3 nitrogen and oxygen atoms in total. The predicted octanol–water partition coefficient (Wildman–Crippen LogP) is 2.93. The summed E-state index contributed by atoms with van der Waals surface area (Å²) in [6, 6.07) is 0. The highest BCUT2D eigenvalue weighted by Gasteiger charge is 2.29. The average molecular weight is 201 g/mol. The number of amides is 1. The van der Waals surface area contributed by atoms with E-state index in [1.54, 1.807) is 0 Å². The number of primary amides is 1. The molecule has 0 aromatic heterocycles. The topological polar surface area (TPSA) is 52.3 Å². The Morgan fingerprint density at radius 3 is 1.79 bits per heavy atom. The quantitative estimate of drug-likeness (QED) is 0.743. The molecule has 0 aromatic carbocycles. The summed E-state index contributed by atoms with van der Waals surface area (Å²) in [4.78, 5) is 10.8. The Bertz CT molecular complexity index is 178. The summed E-state index contributed by atoms with van der Waals surface area (Å²) in [5.74, 6) is 0.996. The van der Waals surface area contributed by atoms with Gasteiger partial charge in [-0.15, -0.1) is 0 Å². The average Bonchev–Trinajstić information content (AvgIpc) is 1.76. The molecule has 0 fully saturated rings. The van der Waals surface area contributed by atoms with E-state index in [9.17, 15) is 4.79 Å². The van der Waals surface area contributed by atoms with E-state index in [1.807, 2.05) is 6.92 Å². The van der Waals surface area contributed by atoms with Crippen LogP contribution in [0.4, 0.5) is 4.79 Å². The first-order chi connectivity index (χ1) is 6.25. The van der Waals surface area contributed by atoms with Crippen LogP contribution in [0, 0.1) is 11.8 Å². The van der Waals surface area contributed by atoms with E-state index in [-0.39, 0.29) is 0 Å². The molecule has 0 unspecified atom stereocenters. The molecule has 0 heterocycles. The van der Waals surface area contributed by atoms with E-state index in [0.717, 1.165) is 12.8 Å². The molecule has 0 saturated carbocycles. The Kier molecular flexibility index (Phi) is 4.95. The summed E-state index contributed by atoms with van der Waals surface area (Å²) >= 11 is 0. The summed E-state index contributed by atoms with van der Waals surface area (Å²) in [6.45, 7) is 10.4. The molecule has 2 N–H and O–H groups in total. The lowest BCUT2D eigenvalue weighted by Gasteiger charge is -2.32. The first-order valence-electron chi connectivity index (χ1n) is 5.23. The van der Waals surface area contributed by atoms with Crippen molar-refractivity contribution in [1.82, 2.24) is 0 Å². The van der Waals surface area contributed by atoms with Gasteiger partial charge in [-0.1, -0.05) is 27.7 Å². The molecule has 0 spiro atoms. The first-order valence-corrected chi connectivity index (χ1v) is 5.23. The van der Waals surface area contributed by atoms with Crippen LogP contribution < -0.4 is 5.73 Å². The second-order valence-corrected chi connectivity index (χ2v) is 5.07. The summed E-state index contributed by atoms with van der Waals surface area (Å²) in [5, 5.41) is 0. The second kappa shape index (κ2) is 5.23. The molecule has 3 heteroatoms. The van der Waals surface area contributed by atoms with Gasteiger partial charge in [0.15, 0.2) is 0 Å². The van der Waals surface area contributed by atoms with Crippen molar-refractivity contribution < 1.29 is 9.53 Å². The molecular formula is C11H23NO2. The van der Waals surface area contributed by atoms with Crippen molar-refractivity contribution in [2.45, 2.75) is 53.1 Å². The van der Waals surface area contributed by atoms with E-state index >= 15 is 0 Å². The van der Waals surface area contributed by atoms with Gasteiger partial charge >= 0.3 is 6.09 Å². The Labute approximate surface area is 87.0 Å². The second-order valence-electron chi connectivity index (χ2n) is 5.07. The number of hydrogen-bond acceptors (Lipinski definition) is 2. The molecule has 0 aromatic rings. The molecule has 0 aliphatic rings. The van der Waals surface area contributed by atoms with Crippen LogP contribution in [-0.4, -0.2) is 11.7 Å². The van der Waals surface area contributed by atoms with Gasteiger partial charge in [0.1, 0.15) is 5.60 Å². The number of rotatable bonds is 5. The van der Waals surface area contributed by atoms with Crippen molar-refractivity contribution in [3.05, 3.63) is 0 Å². The van der Waals surface area contributed by atoms with Gasteiger partial charge in [0.05, 0.1) is 0 Å². The lowest BCUT2D eigenvalue weighted by atomic mass is 9.86. The molecule has 0 bridgehead atoms. The molecule has 0 aliphatic heterocycles. The van der Waals surface area contributed by atoms with Gasteiger partial charge in [-0.2, -0.15) is 0 Å². The summed E-state index contributed by atoms with van der Waals surface area (Å²) in [6.07, 6.45) is 1.04. The van der Waals surface area contributed by atoms with Crippen LogP contribution in [0.5, 0.6) is 0 Å². The van der Waals surface area contributed by atoms with Crippen molar-refractivity contribution >= 4 is 6.09 Å². The van der Waals surface area contributed by atoms with Gasteiger partial charge in [0.25, 0.3) is 0 Å². The Balaban J connectivity index is 4.40. The maximum absolute atomic E-state index is 10.8. The van der Waals surface area contributed by atoms with Crippen molar-refractivity contribution in [2.24, 2.45) is 17.6 Å². The highest BCUT2D eigenvalue weighted by molar-refractivity contribution is 5.65. The van der Waals surface area contributed by atoms with Gasteiger partial charge in [0.2, 0.25) is 0 Å². The fourth-order valence-corrected chi connectivity index (χ4v) is 2.14. The van der Waals surface area contributed by atoms with Crippen LogP contribution in [0.3, 0.4) is 0 Å². The monoisotopic (exact) mass is 201 g/mol. The van der Waals surface area contributed by atoms with Crippen molar-refractivity contribution in [3.8, 4) is 0 Å². The van der Waals surface area contributed by atoms with E-state index < -0.39 is 11.7 Å². The van der Waals surface area contributed by atoms with Gasteiger partial charge < -0.3 is 10.5 Å². The van der Waals surface area contributed by atoms with Gasteiger partial charge in [-0.3, -0.25) is 0 Å². The number of carbonyl (C=O) groups is 1. The fraction of sp³-hybridized carbons (Fsp3) is 0.909. The molecule has 14 heavy (non-hydrogen) atoms. The zero-order valence-corrected chi connectivity index (χ0v) is 9.96. The lowest BCUT2D eigenvalue weighted by molar-refractivity contribution is 0.0000336. The van der Waals surface area contributed by atoms with Crippen molar-refractivity contribution in [1.29, 1.82) is 0 Å². The minimum atomic E-state index is -0.672. The minimum absolute atomic E-state index is 0.409. The molecule has 1 amide bonds. The summed E-state index contributed by atoms with van der Waals surface area (Å²) in [7, 11) is 0. The minimum Gasteiger partial charge on any atom is -0.443 e. The SMILES string of the molecule is CC(C)CC(C)(CC(C)C)OC(N)=O. The zero-order valence-electron chi connectivity index (χ0n) is 9.96. The number of hydrogen-bond donors (Lipinski definition) is 1. The van der Waals surface area contributed by atoms with E-state index in [1.165, 1.54) is 0 Å². The standard InChI is InChI=1S/C11H23NO2/c1-8(2)6-11(5,7-9(3)4)14-10(12)13/h8-9H,6-7H2,1-5H3,(H2,12,13). The maximum atomic E-state index is 10.8. The van der Waals surface area contributed by atoms with Crippen LogP contribution >= 0.6 is 0 Å². The summed E-state index contributed by atoms with van der Waals surface area (Å²) in [5.41, 5.74) is 4.66. The normalized spacial score (nSPS) is 12.2. The Morgan fingerprint density at radius 1 is 1.21 bits per heavy atom. The third kappa shape index (κ3) is 5.84. The molecular weight excluding hydrogens is 178 g/mol. The molecule has 84 valence electrons. The number of ether oxygens (including phenoxy) is 1. The van der Waals surface area contributed by atoms with E-state index in [4.69, 9.17) is 10.5 Å². The van der Waals surface area contributed by atoms with Crippen molar-refractivity contribution in [3.63, 3.8) is 0 Å². The lowest BCUT2D eigenvalue weighted by Crippen LogP contribution is -2.36. The zero-order chi connectivity index (χ0) is 11.4. The highest BCUT2D eigenvalue weighted by atomic mass is 16.6. The Hall–Kier alpha value is -0.730. The fourth-order valence-electron chi connectivity index (χ4n) is 2.14. The molecule has 0 atom stereocenters. The van der Waals surface area contributed by atoms with E-state index in [0.29, 0.717) is 11.8 Å². The van der Waals surface area contributed by atoms with Crippen LogP contribution in [-0.2, 0) is 4.74 Å². The van der Waals surface area contributed by atoms with Crippen LogP contribution in [0.2, 0.25) is 0 Å². The van der Waals surface area contributed by atoms with Crippen molar-refractivity contribution in [2.75, 3.05) is 0 Å².